The Morgan fingerprint density at radius 1 is 0.606 bits per heavy atom. The predicted octanol–water partition coefficient (Wildman–Crippen LogP) is 14.1. The molecular formula is C77H95F2N7O16Si2. The predicted molar refractivity (Wildman–Crippen MR) is 396 cm³/mol. The first-order valence-electron chi connectivity index (χ1n) is 34.5. The van der Waals surface area contributed by atoms with E-state index in [1.807, 2.05) is 13.1 Å². The van der Waals surface area contributed by atoms with Gasteiger partial charge in [-0.3, -0.25) is 19.2 Å². The fourth-order valence-electron chi connectivity index (χ4n) is 11.7. The molecule has 3 N–H and O–H groups in total. The number of rotatable bonds is 28. The van der Waals surface area contributed by atoms with Gasteiger partial charge in [0.05, 0.1) is 62.0 Å². The van der Waals surface area contributed by atoms with E-state index in [2.05, 4.69) is 84.0 Å². The van der Waals surface area contributed by atoms with Gasteiger partial charge in [0.2, 0.25) is 5.91 Å². The number of hydrazine groups is 1. The molecule has 9 rings (SSSR count). The summed E-state index contributed by atoms with van der Waals surface area (Å²) >= 11 is 0. The fraction of sp³-hybridized carbons (Fsp3) is 0.416. The Labute approximate surface area is 608 Å². The number of halogens is 2. The lowest BCUT2D eigenvalue weighted by Crippen LogP contribution is -2.57. The number of methoxy groups -OCH3 is 2. The molecule has 0 spiro atoms. The van der Waals surface area contributed by atoms with Gasteiger partial charge < -0.3 is 62.6 Å². The Balaban J connectivity index is 1.00. The van der Waals surface area contributed by atoms with Crippen molar-refractivity contribution in [2.45, 2.75) is 161 Å². The number of amides is 5. The van der Waals surface area contributed by atoms with Crippen molar-refractivity contribution in [1.29, 1.82) is 0 Å². The number of anilines is 3. The first-order valence-corrected chi connectivity index (χ1v) is 40.3. The van der Waals surface area contributed by atoms with Crippen molar-refractivity contribution in [2.24, 2.45) is 5.92 Å². The minimum Gasteiger partial charge on any atom is -0.493 e. The lowest BCUT2D eigenvalue weighted by Gasteiger charge is -2.44. The number of nitrogens with one attached hydrogen (secondary N) is 3. The monoisotopic (exact) mass is 1470 g/mol. The Bertz CT molecular complexity index is 4120. The zero-order valence-electron chi connectivity index (χ0n) is 61.7. The van der Waals surface area contributed by atoms with E-state index in [0.717, 1.165) is 5.57 Å². The highest BCUT2D eigenvalue weighted by Crippen LogP contribution is 2.50. The second kappa shape index (κ2) is 32.6. The quantitative estimate of drug-likeness (QED) is 0.00800. The number of Topliss-reactive ketones (excluding diaryl/α,β-unsaturated/α-hetero) is 1. The number of ether oxygens (including phenoxy) is 7. The van der Waals surface area contributed by atoms with Crippen LogP contribution < -0.4 is 44.9 Å². The number of fused-ring (bicyclic) bond motifs is 4. The third kappa shape index (κ3) is 17.4. The topological polar surface area (TPSA) is 252 Å². The molecule has 23 nitrogen and oxygen atoms in total. The molecular weight excluding hydrogens is 1370 g/mol. The molecule has 4 aliphatic rings. The maximum absolute atomic E-state index is 15.5. The third-order valence-corrected chi connectivity index (χ3v) is 28.5. The van der Waals surface area contributed by atoms with Gasteiger partial charge in [-0.1, -0.05) is 117 Å². The van der Waals surface area contributed by atoms with Crippen LogP contribution in [0.4, 0.5) is 35.4 Å². The summed E-state index contributed by atoms with van der Waals surface area (Å²) in [5.41, 5.74) is 10.2. The summed E-state index contributed by atoms with van der Waals surface area (Å²) in [4.78, 5) is 105. The molecule has 4 aliphatic heterocycles. The molecule has 2 unspecified atom stereocenters. The van der Waals surface area contributed by atoms with E-state index in [1.54, 1.807) is 104 Å². The Kier molecular flexibility index (Phi) is 24.6. The summed E-state index contributed by atoms with van der Waals surface area (Å²) in [6, 6.07) is 21.3. The molecule has 556 valence electrons. The number of hydrogen-bond donors (Lipinski definition) is 3. The highest BCUT2D eigenvalue weighted by Gasteiger charge is 2.53. The third-order valence-electron chi connectivity index (χ3n) is 19.7. The van der Waals surface area contributed by atoms with Gasteiger partial charge in [0, 0.05) is 36.6 Å². The van der Waals surface area contributed by atoms with Crippen molar-refractivity contribution in [2.75, 3.05) is 55.9 Å². The van der Waals surface area contributed by atoms with Crippen LogP contribution in [0.2, 0.25) is 36.3 Å². The van der Waals surface area contributed by atoms with E-state index < -0.39 is 118 Å². The van der Waals surface area contributed by atoms with Crippen LogP contribution in [0.3, 0.4) is 0 Å². The van der Waals surface area contributed by atoms with Crippen molar-refractivity contribution in [3.8, 4) is 23.0 Å². The van der Waals surface area contributed by atoms with Crippen molar-refractivity contribution < 1.29 is 84.4 Å². The Hall–Kier alpha value is -9.68. The van der Waals surface area contributed by atoms with E-state index in [1.165, 1.54) is 72.6 Å². The highest BCUT2D eigenvalue weighted by atomic mass is 28.4. The number of carbonyl (C=O) groups is 7. The first kappa shape index (κ1) is 78.5. The van der Waals surface area contributed by atoms with Crippen LogP contribution in [-0.2, 0) is 44.1 Å². The zero-order chi connectivity index (χ0) is 75.9. The maximum atomic E-state index is 15.5. The van der Waals surface area contributed by atoms with Crippen molar-refractivity contribution >= 4 is 86.5 Å². The van der Waals surface area contributed by atoms with Crippen LogP contribution >= 0.6 is 0 Å². The SMILES string of the molecule is C=CCOC(=O)C(=O)C(NC(=O)C(C)NNc1ccc(COC(=O)N2c3cc(OCCCOc4cc5c(cc4OC)C(=O)N4C=C(c6ccc(F)cc6)C[C@H]4[C@H](O[Si](C)(C)C(C)(C)C)N5C(=O)OCC=C)c(OC)cc3C(=O)N3C=C(c4ccc(F)cc4)C[C@H]3[C@@H]2O[Si](C)(C)C(C)(C)C)cc1)C(C)C. The van der Waals surface area contributed by atoms with Crippen LogP contribution in [0.15, 0.2) is 135 Å². The van der Waals surface area contributed by atoms with Crippen LogP contribution in [0.1, 0.15) is 119 Å². The first-order chi connectivity index (χ1) is 49.1. The van der Waals surface area contributed by atoms with Crippen LogP contribution in [0, 0.1) is 17.6 Å². The standard InChI is InChI=1S/C77H95F2N7O16Si2/c1-18-33-98-73(91)67(87)66(46(3)4)80-68(88)47(5)81-82-55-31-21-48(22-32-55)45-100-75(93)86-59-42-65(63(95-13)40-57(59)70(90)84-44-52(50-25-29-54(79)30-26-50)38-61(84)72(86)102-104(16,17)77(9,10)11)97-36-20-35-96-64-41-58-56(39-62(64)94-12)69(89)83-43-51(49-23-27-53(78)28-24-49)37-60(83)71(85(58)74(92)99-34-19-2)101-103(14,15)76(6,7)8/h18-19,21-32,39-44,46-47,60-61,66,71-72,81-82H,1-2,20,33-38,45H2,3-17H3,(H,80,88)/t47?,60-,61-,66?,71-,72-/m0/s1. The van der Waals surface area contributed by atoms with E-state index in [4.69, 9.17) is 42.0 Å². The number of nitrogens with zero attached hydrogens (tertiary/aromatic N) is 4. The molecule has 0 saturated heterocycles. The maximum Gasteiger partial charge on any atom is 0.416 e. The van der Waals surface area contributed by atoms with Gasteiger partial charge in [-0.05, 0) is 138 Å². The molecule has 5 aromatic rings. The molecule has 0 fully saturated rings. The Morgan fingerprint density at radius 2 is 1.04 bits per heavy atom. The summed E-state index contributed by atoms with van der Waals surface area (Å²) in [5, 5.41) is 1.86. The van der Waals surface area contributed by atoms with E-state index in [-0.39, 0.29) is 103 Å². The van der Waals surface area contributed by atoms with E-state index in [0.29, 0.717) is 28.0 Å². The molecule has 104 heavy (non-hydrogen) atoms. The minimum atomic E-state index is -2.90. The van der Waals surface area contributed by atoms with Crippen molar-refractivity contribution in [3.63, 3.8) is 0 Å². The molecule has 0 radical (unpaired) electrons. The summed E-state index contributed by atoms with van der Waals surface area (Å²) in [7, 11) is -2.84. The summed E-state index contributed by atoms with van der Waals surface area (Å²) in [6.45, 7) is 32.2. The van der Waals surface area contributed by atoms with Gasteiger partial charge in [-0.15, -0.1) is 0 Å². The van der Waals surface area contributed by atoms with Gasteiger partial charge in [0.15, 0.2) is 52.1 Å². The van der Waals surface area contributed by atoms with Gasteiger partial charge >= 0.3 is 18.2 Å². The van der Waals surface area contributed by atoms with Crippen LogP contribution in [0.5, 0.6) is 23.0 Å². The second-order valence-corrected chi connectivity index (χ2v) is 38.8. The molecule has 0 bridgehead atoms. The lowest BCUT2D eigenvalue weighted by atomic mass is 9.99. The van der Waals surface area contributed by atoms with E-state index >= 15 is 14.4 Å². The number of esters is 1. The van der Waals surface area contributed by atoms with Gasteiger partial charge in [-0.2, -0.15) is 0 Å². The lowest BCUT2D eigenvalue weighted by molar-refractivity contribution is -0.154. The summed E-state index contributed by atoms with van der Waals surface area (Å²) in [6.07, 6.45) is 2.92. The largest absolute Gasteiger partial charge is 0.493 e. The zero-order valence-corrected chi connectivity index (χ0v) is 63.7. The molecule has 6 atom stereocenters. The van der Waals surface area contributed by atoms with E-state index in [9.17, 15) is 28.0 Å². The number of benzene rings is 5. The average molecular weight is 1470 g/mol. The number of hydrogen-bond acceptors (Lipinski definition) is 18. The summed E-state index contributed by atoms with van der Waals surface area (Å²) in [5.74, 6) is -4.13. The molecule has 27 heteroatoms. The normalized spacial score (nSPS) is 17.9. The van der Waals surface area contributed by atoms with Gasteiger partial charge in [0.25, 0.3) is 17.6 Å². The molecule has 5 aromatic carbocycles. The van der Waals surface area contributed by atoms with Crippen molar-refractivity contribution in [1.82, 2.24) is 20.5 Å². The molecule has 0 aliphatic carbocycles. The van der Waals surface area contributed by atoms with Crippen LogP contribution in [0.25, 0.3) is 11.1 Å². The average Bonchev–Trinajstić information content (AvgIpc) is 1.59. The van der Waals surface area contributed by atoms with Gasteiger partial charge in [0.1, 0.15) is 43.5 Å². The van der Waals surface area contributed by atoms with Gasteiger partial charge in [-0.25, -0.2) is 38.4 Å². The highest BCUT2D eigenvalue weighted by molar-refractivity contribution is 6.74. The number of carbonyl (C=O) groups excluding carboxylic acids is 7. The summed E-state index contributed by atoms with van der Waals surface area (Å²) < 4.78 is 85.1. The number of ketones is 1. The fourth-order valence-corrected chi connectivity index (χ4v) is 14.2. The Morgan fingerprint density at radius 3 is 1.45 bits per heavy atom. The molecule has 5 amide bonds. The second-order valence-electron chi connectivity index (χ2n) is 29.2. The molecule has 0 aromatic heterocycles. The smallest absolute Gasteiger partial charge is 0.416 e. The minimum absolute atomic E-state index is 0.0119. The van der Waals surface area contributed by atoms with Crippen molar-refractivity contribution in [3.05, 3.63) is 174 Å². The molecule has 0 saturated carbocycles. The molecule has 4 heterocycles. The van der Waals surface area contributed by atoms with Crippen LogP contribution in [-0.4, -0.2) is 145 Å².